The van der Waals surface area contributed by atoms with Gasteiger partial charge in [0, 0.05) is 17.0 Å². The molecule has 30 heavy (non-hydrogen) atoms. The van der Waals surface area contributed by atoms with Gasteiger partial charge in [-0.3, -0.25) is 0 Å². The highest BCUT2D eigenvalue weighted by atomic mass is 19.2. The van der Waals surface area contributed by atoms with Crippen LogP contribution in [0.5, 0.6) is 0 Å². The molecule has 0 aromatic heterocycles. The van der Waals surface area contributed by atoms with Gasteiger partial charge in [0.2, 0.25) is 0 Å². The number of aryl methyl sites for hydroxylation is 1. The second-order valence-corrected chi connectivity index (χ2v) is 8.34. The van der Waals surface area contributed by atoms with Crippen molar-refractivity contribution in [3.05, 3.63) is 59.2 Å². The third kappa shape index (κ3) is 5.89. The minimum Gasteiger partial charge on any atom is -0.348 e. The van der Waals surface area contributed by atoms with Gasteiger partial charge in [0.25, 0.3) is 0 Å². The Labute approximate surface area is 179 Å². The van der Waals surface area contributed by atoms with Crippen LogP contribution in [0.4, 0.5) is 8.78 Å². The number of benzene rings is 2. The fourth-order valence-electron chi connectivity index (χ4n) is 3.98. The summed E-state index contributed by atoms with van der Waals surface area (Å²) in [5.74, 6) is -1.03. The minimum absolute atomic E-state index is 0.291. The van der Waals surface area contributed by atoms with Crippen molar-refractivity contribution in [2.45, 2.75) is 71.5 Å². The minimum atomic E-state index is -0.767. The van der Waals surface area contributed by atoms with Crippen LogP contribution in [0.1, 0.15) is 76.2 Å². The summed E-state index contributed by atoms with van der Waals surface area (Å²) in [4.78, 5) is 0. The van der Waals surface area contributed by atoms with Crippen molar-refractivity contribution in [1.29, 1.82) is 0 Å². The molecule has 1 aliphatic rings. The highest BCUT2D eigenvalue weighted by molar-refractivity contribution is 5.65. The molecule has 164 valence electrons. The molecule has 3 rings (SSSR count). The molecule has 0 unspecified atom stereocenters. The Morgan fingerprint density at radius 1 is 0.800 bits per heavy atom. The number of halogens is 2. The zero-order valence-electron chi connectivity index (χ0n) is 18.3. The molecule has 4 heteroatoms. The average molecular weight is 417 g/mol. The van der Waals surface area contributed by atoms with Crippen molar-refractivity contribution in [3.8, 4) is 11.1 Å². The van der Waals surface area contributed by atoms with Gasteiger partial charge in [-0.1, -0.05) is 82.3 Å². The van der Waals surface area contributed by atoms with Crippen molar-refractivity contribution in [2.75, 3.05) is 13.2 Å². The first kappa shape index (κ1) is 22.9. The van der Waals surface area contributed by atoms with Crippen molar-refractivity contribution in [1.82, 2.24) is 0 Å². The van der Waals surface area contributed by atoms with Crippen molar-refractivity contribution in [3.63, 3.8) is 0 Å². The first-order valence-electron chi connectivity index (χ1n) is 11.4. The van der Waals surface area contributed by atoms with Crippen LogP contribution in [0.25, 0.3) is 11.1 Å². The molecule has 1 heterocycles. The normalized spacial score (nSPS) is 19.2. The highest BCUT2D eigenvalue weighted by Crippen LogP contribution is 2.31. The summed E-state index contributed by atoms with van der Waals surface area (Å²) in [6, 6.07) is 10.8. The summed E-state index contributed by atoms with van der Waals surface area (Å²) in [7, 11) is 0. The molecule has 0 bridgehead atoms. The average Bonchev–Trinajstić information content (AvgIpc) is 2.78. The van der Waals surface area contributed by atoms with E-state index < -0.39 is 11.6 Å². The molecular formula is C26H34F2O2. The predicted molar refractivity (Wildman–Crippen MR) is 117 cm³/mol. The maximum absolute atomic E-state index is 14.7. The lowest BCUT2D eigenvalue weighted by Gasteiger charge is -2.29. The summed E-state index contributed by atoms with van der Waals surface area (Å²) in [6.45, 7) is 5.71. The second kappa shape index (κ2) is 11.6. The maximum Gasteiger partial charge on any atom is 0.183 e. The Bertz CT molecular complexity index is 780. The van der Waals surface area contributed by atoms with Gasteiger partial charge in [0.1, 0.15) is 0 Å². The highest BCUT2D eigenvalue weighted by Gasteiger charge is 2.23. The van der Waals surface area contributed by atoms with E-state index in [0.717, 1.165) is 31.2 Å². The van der Waals surface area contributed by atoms with Crippen molar-refractivity contribution >= 4 is 0 Å². The van der Waals surface area contributed by atoms with Crippen LogP contribution in [0, 0.1) is 17.6 Å². The fraction of sp³-hybridized carbons (Fsp3) is 0.538. The number of rotatable bonds is 10. The Hall–Kier alpha value is -1.78. The van der Waals surface area contributed by atoms with E-state index in [4.69, 9.17) is 9.47 Å². The van der Waals surface area contributed by atoms with E-state index in [1.807, 2.05) is 24.3 Å². The molecule has 0 atom stereocenters. The number of ether oxygens (including phenoxy) is 2. The summed E-state index contributed by atoms with van der Waals surface area (Å²) in [5, 5.41) is 0. The Kier molecular flexibility index (Phi) is 8.83. The van der Waals surface area contributed by atoms with Crippen LogP contribution in [-0.4, -0.2) is 13.2 Å². The van der Waals surface area contributed by atoms with E-state index in [1.54, 1.807) is 12.1 Å². The molecule has 0 aliphatic carbocycles. The predicted octanol–water partition coefficient (Wildman–Crippen LogP) is 7.61. The SMILES string of the molecule is CCCCCc1ccc(-c2ccc(C3OCC(CCCCC)CO3)cc2)c(F)c1F. The zero-order chi connectivity index (χ0) is 21.3. The fourth-order valence-corrected chi connectivity index (χ4v) is 3.98. The number of unbranched alkanes of at least 4 members (excludes halogenated alkanes) is 4. The first-order chi connectivity index (χ1) is 14.6. The topological polar surface area (TPSA) is 18.5 Å². The quantitative estimate of drug-likeness (QED) is 0.371. The summed E-state index contributed by atoms with van der Waals surface area (Å²) < 4.78 is 40.9. The lowest BCUT2D eigenvalue weighted by molar-refractivity contribution is -0.206. The molecular weight excluding hydrogens is 382 g/mol. The molecule has 2 aromatic rings. The summed E-state index contributed by atoms with van der Waals surface area (Å²) >= 11 is 0. The molecule has 2 aromatic carbocycles. The smallest absolute Gasteiger partial charge is 0.183 e. The van der Waals surface area contributed by atoms with E-state index in [0.29, 0.717) is 42.2 Å². The van der Waals surface area contributed by atoms with Gasteiger partial charge in [-0.05, 0) is 30.4 Å². The third-order valence-corrected chi connectivity index (χ3v) is 5.89. The van der Waals surface area contributed by atoms with Gasteiger partial charge >= 0.3 is 0 Å². The largest absolute Gasteiger partial charge is 0.348 e. The first-order valence-corrected chi connectivity index (χ1v) is 11.4. The van der Waals surface area contributed by atoms with Crippen LogP contribution in [-0.2, 0) is 15.9 Å². The van der Waals surface area contributed by atoms with E-state index in [9.17, 15) is 8.78 Å². The van der Waals surface area contributed by atoms with Crippen LogP contribution >= 0.6 is 0 Å². The van der Waals surface area contributed by atoms with Gasteiger partial charge in [-0.2, -0.15) is 0 Å². The third-order valence-electron chi connectivity index (χ3n) is 5.89. The zero-order valence-corrected chi connectivity index (χ0v) is 18.3. The van der Waals surface area contributed by atoms with E-state index >= 15 is 0 Å². The van der Waals surface area contributed by atoms with Gasteiger partial charge in [0.05, 0.1) is 13.2 Å². The van der Waals surface area contributed by atoms with E-state index in [1.165, 1.54) is 19.3 Å². The molecule has 2 nitrogen and oxygen atoms in total. The molecule has 1 saturated heterocycles. The molecule has 0 radical (unpaired) electrons. The van der Waals surface area contributed by atoms with Crippen molar-refractivity contribution < 1.29 is 18.3 Å². The Balaban J connectivity index is 1.61. The van der Waals surface area contributed by atoms with Gasteiger partial charge in [0.15, 0.2) is 17.9 Å². The van der Waals surface area contributed by atoms with Crippen LogP contribution in [0.3, 0.4) is 0 Å². The molecule has 0 saturated carbocycles. The number of hydrogen-bond acceptors (Lipinski definition) is 2. The molecule has 0 N–H and O–H groups in total. The summed E-state index contributed by atoms with van der Waals surface area (Å²) in [6.07, 6.45) is 7.97. The van der Waals surface area contributed by atoms with Crippen molar-refractivity contribution in [2.24, 2.45) is 5.92 Å². The Morgan fingerprint density at radius 2 is 1.47 bits per heavy atom. The van der Waals surface area contributed by atoms with Crippen LogP contribution in [0.15, 0.2) is 36.4 Å². The van der Waals surface area contributed by atoms with E-state index in [-0.39, 0.29) is 6.29 Å². The lowest BCUT2D eigenvalue weighted by Crippen LogP contribution is -2.27. The van der Waals surface area contributed by atoms with Gasteiger partial charge in [-0.15, -0.1) is 0 Å². The molecule has 0 spiro atoms. The van der Waals surface area contributed by atoms with Crippen LogP contribution in [0.2, 0.25) is 0 Å². The molecule has 1 aliphatic heterocycles. The second-order valence-electron chi connectivity index (χ2n) is 8.34. The van der Waals surface area contributed by atoms with Gasteiger partial charge < -0.3 is 9.47 Å². The molecule has 0 amide bonds. The monoisotopic (exact) mass is 416 g/mol. The van der Waals surface area contributed by atoms with Gasteiger partial charge in [-0.25, -0.2) is 8.78 Å². The standard InChI is InChI=1S/C26H34F2O2/c1-3-5-7-9-19-17-29-26(30-18-19)22-13-11-20(12-14-22)23-16-15-21(10-8-6-4-2)24(27)25(23)28/h11-16,19,26H,3-10,17-18H2,1-2H3. The maximum atomic E-state index is 14.7. The number of hydrogen-bond donors (Lipinski definition) is 0. The van der Waals surface area contributed by atoms with Crippen LogP contribution < -0.4 is 0 Å². The summed E-state index contributed by atoms with van der Waals surface area (Å²) in [5.41, 5.74) is 2.31. The Morgan fingerprint density at radius 3 is 2.13 bits per heavy atom. The lowest BCUT2D eigenvalue weighted by atomic mass is 9.98. The molecule has 1 fully saturated rings. The van der Waals surface area contributed by atoms with E-state index in [2.05, 4.69) is 13.8 Å².